The highest BCUT2D eigenvalue weighted by Crippen LogP contribution is 2.24. The van der Waals surface area contributed by atoms with Gasteiger partial charge in [-0.15, -0.1) is 0 Å². The molecule has 2 heterocycles. The number of halogens is 2. The zero-order valence-corrected chi connectivity index (χ0v) is 24.4. The van der Waals surface area contributed by atoms with E-state index in [1.165, 1.54) is 16.8 Å². The van der Waals surface area contributed by atoms with Gasteiger partial charge in [-0.25, -0.2) is 9.37 Å². The first-order valence-electron chi connectivity index (χ1n) is 13.2. The first-order chi connectivity index (χ1) is 19.2. The van der Waals surface area contributed by atoms with E-state index in [4.69, 9.17) is 9.72 Å². The number of nitrogens with zero attached hydrogens (tertiary/aromatic N) is 4. The van der Waals surface area contributed by atoms with Crippen LogP contribution in [0.3, 0.4) is 0 Å². The molecule has 0 unspecified atom stereocenters. The van der Waals surface area contributed by atoms with E-state index >= 15 is 0 Å². The number of hydrogen-bond acceptors (Lipinski definition) is 4. The maximum Gasteiger partial charge on any atom is 0.282 e. The van der Waals surface area contributed by atoms with Crippen molar-refractivity contribution in [1.82, 2.24) is 14.2 Å². The van der Waals surface area contributed by atoms with Crippen LogP contribution in [-0.2, 0) is 6.61 Å². The molecule has 5 rings (SSSR count). The van der Waals surface area contributed by atoms with Gasteiger partial charge in [0, 0.05) is 33.0 Å². The Morgan fingerprint density at radius 2 is 1.77 bits per heavy atom. The van der Waals surface area contributed by atoms with Gasteiger partial charge in [-0.3, -0.25) is 4.79 Å². The third-order valence-corrected chi connectivity index (χ3v) is 7.58. The van der Waals surface area contributed by atoms with Crippen LogP contribution in [0.2, 0.25) is 0 Å². The van der Waals surface area contributed by atoms with E-state index in [1.54, 1.807) is 24.4 Å². The summed E-state index contributed by atoms with van der Waals surface area (Å²) < 4.78 is 23.4. The van der Waals surface area contributed by atoms with Gasteiger partial charge in [0.15, 0.2) is 0 Å². The van der Waals surface area contributed by atoms with Gasteiger partial charge in [-0.1, -0.05) is 41.9 Å². The number of rotatable bonds is 8. The van der Waals surface area contributed by atoms with E-state index in [-0.39, 0.29) is 17.3 Å². The zero-order valence-electron chi connectivity index (χ0n) is 22.9. The minimum absolute atomic E-state index is 0.0640. The number of ether oxygens (including phenoxy) is 1. The molecule has 0 aliphatic heterocycles. The van der Waals surface area contributed by atoms with Crippen LogP contribution in [0.4, 0.5) is 4.39 Å². The minimum atomic E-state index is -0.264. The SMILES string of the molecule is CC[C@H](C)c1nc2ccc(Br)cc2c(=O)n1N=Cc1cc(C)n(-c2ccc(OCc3ccc(F)cc3)cc2)c1C. The Labute approximate surface area is 240 Å². The Morgan fingerprint density at radius 1 is 1.05 bits per heavy atom. The molecule has 40 heavy (non-hydrogen) atoms. The third-order valence-electron chi connectivity index (χ3n) is 7.08. The van der Waals surface area contributed by atoms with E-state index in [0.29, 0.717) is 23.3 Å². The molecular formula is C32H30BrFN4O2. The maximum absolute atomic E-state index is 13.5. The second kappa shape index (κ2) is 11.6. The van der Waals surface area contributed by atoms with Crippen LogP contribution < -0.4 is 10.3 Å². The summed E-state index contributed by atoms with van der Waals surface area (Å²) in [7, 11) is 0. The lowest BCUT2D eigenvalue weighted by molar-refractivity contribution is 0.306. The summed E-state index contributed by atoms with van der Waals surface area (Å²) in [6.07, 6.45) is 2.57. The fraction of sp³-hybridized carbons (Fsp3) is 0.219. The Hall–Kier alpha value is -4.04. The zero-order chi connectivity index (χ0) is 28.4. The minimum Gasteiger partial charge on any atom is -0.489 e. The highest BCUT2D eigenvalue weighted by Gasteiger charge is 2.16. The molecule has 0 saturated heterocycles. The fourth-order valence-corrected chi connectivity index (χ4v) is 5.01. The smallest absolute Gasteiger partial charge is 0.282 e. The van der Waals surface area contributed by atoms with Gasteiger partial charge in [-0.05, 0) is 86.5 Å². The molecule has 2 aromatic heterocycles. The van der Waals surface area contributed by atoms with Crippen molar-refractivity contribution >= 4 is 33.0 Å². The molecule has 5 aromatic rings. The summed E-state index contributed by atoms with van der Waals surface area (Å²) in [5.74, 6) is 1.17. The molecule has 0 N–H and O–H groups in total. The summed E-state index contributed by atoms with van der Waals surface area (Å²) in [4.78, 5) is 18.3. The van der Waals surface area contributed by atoms with Crippen LogP contribution in [0, 0.1) is 19.7 Å². The van der Waals surface area contributed by atoms with Crippen LogP contribution in [-0.4, -0.2) is 20.4 Å². The first kappa shape index (κ1) is 27.5. The van der Waals surface area contributed by atoms with Crippen LogP contribution in [0.25, 0.3) is 16.6 Å². The molecule has 3 aromatic carbocycles. The Balaban J connectivity index is 1.43. The van der Waals surface area contributed by atoms with E-state index in [1.807, 2.05) is 50.2 Å². The second-order valence-electron chi connectivity index (χ2n) is 9.87. The predicted octanol–water partition coefficient (Wildman–Crippen LogP) is 7.68. The number of fused-ring (bicyclic) bond motifs is 1. The molecule has 0 spiro atoms. The lowest BCUT2D eigenvalue weighted by Crippen LogP contribution is -2.23. The van der Waals surface area contributed by atoms with Crippen molar-refractivity contribution < 1.29 is 9.13 Å². The van der Waals surface area contributed by atoms with Crippen molar-refractivity contribution in [3.8, 4) is 11.4 Å². The summed E-state index contributed by atoms with van der Waals surface area (Å²) in [6, 6.07) is 21.7. The monoisotopic (exact) mass is 600 g/mol. The summed E-state index contributed by atoms with van der Waals surface area (Å²) >= 11 is 3.46. The number of hydrogen-bond donors (Lipinski definition) is 0. The molecule has 8 heteroatoms. The molecular weight excluding hydrogens is 571 g/mol. The van der Waals surface area contributed by atoms with Gasteiger partial charge >= 0.3 is 0 Å². The van der Waals surface area contributed by atoms with Gasteiger partial charge in [0.1, 0.15) is 24.0 Å². The van der Waals surface area contributed by atoms with Gasteiger partial charge in [-0.2, -0.15) is 9.78 Å². The normalized spacial score (nSPS) is 12.3. The Morgan fingerprint density at radius 3 is 2.48 bits per heavy atom. The average Bonchev–Trinajstić information content (AvgIpc) is 3.24. The molecule has 6 nitrogen and oxygen atoms in total. The molecule has 0 fully saturated rings. The highest BCUT2D eigenvalue weighted by atomic mass is 79.9. The molecule has 0 bridgehead atoms. The Kier molecular flexibility index (Phi) is 7.98. The fourth-order valence-electron chi connectivity index (χ4n) is 4.65. The standard InChI is InChI=1S/C32H30BrFN4O2/c1-5-20(2)31-36-30-15-8-25(33)17-29(30)32(39)38(31)35-18-24-16-21(3)37(22(24)4)27-11-13-28(14-12-27)40-19-23-6-9-26(34)10-7-23/h6-18,20H,5,19H2,1-4H3/t20-/m0/s1. The van der Waals surface area contributed by atoms with Crippen molar-refractivity contribution in [3.05, 3.63) is 122 Å². The van der Waals surface area contributed by atoms with Gasteiger partial charge in [0.2, 0.25) is 0 Å². The number of aryl methyl sites for hydroxylation is 1. The lowest BCUT2D eigenvalue weighted by Gasteiger charge is -2.14. The van der Waals surface area contributed by atoms with Crippen molar-refractivity contribution in [2.24, 2.45) is 5.10 Å². The average molecular weight is 602 g/mol. The van der Waals surface area contributed by atoms with Crippen molar-refractivity contribution in [2.45, 2.75) is 46.6 Å². The van der Waals surface area contributed by atoms with Crippen LogP contribution in [0.5, 0.6) is 5.75 Å². The largest absolute Gasteiger partial charge is 0.489 e. The summed E-state index contributed by atoms with van der Waals surface area (Å²) in [5, 5.41) is 5.17. The highest BCUT2D eigenvalue weighted by molar-refractivity contribution is 9.10. The number of benzene rings is 3. The van der Waals surface area contributed by atoms with Gasteiger partial charge in [0.05, 0.1) is 17.1 Å². The molecule has 0 aliphatic carbocycles. The molecule has 0 amide bonds. The van der Waals surface area contributed by atoms with Crippen molar-refractivity contribution in [2.75, 3.05) is 0 Å². The summed E-state index contributed by atoms with van der Waals surface area (Å²) in [5.41, 5.74) is 5.30. The second-order valence-corrected chi connectivity index (χ2v) is 10.8. The lowest BCUT2D eigenvalue weighted by atomic mass is 10.1. The van der Waals surface area contributed by atoms with E-state index in [0.717, 1.165) is 44.8 Å². The molecule has 1 atom stereocenters. The Bertz CT molecular complexity index is 1760. The van der Waals surface area contributed by atoms with Crippen molar-refractivity contribution in [1.29, 1.82) is 0 Å². The first-order valence-corrected chi connectivity index (χ1v) is 14.0. The summed E-state index contributed by atoms with van der Waals surface area (Å²) in [6.45, 7) is 8.55. The topological polar surface area (TPSA) is 61.4 Å². The molecule has 0 saturated carbocycles. The van der Waals surface area contributed by atoms with Crippen LogP contribution in [0.15, 0.2) is 87.2 Å². The molecule has 204 valence electrons. The van der Waals surface area contributed by atoms with Crippen LogP contribution >= 0.6 is 15.9 Å². The quantitative estimate of drug-likeness (QED) is 0.172. The van der Waals surface area contributed by atoms with Crippen LogP contribution in [0.1, 0.15) is 54.5 Å². The van der Waals surface area contributed by atoms with Gasteiger partial charge < -0.3 is 9.30 Å². The van der Waals surface area contributed by atoms with E-state index in [2.05, 4.69) is 45.5 Å². The predicted molar refractivity (Wildman–Crippen MR) is 161 cm³/mol. The van der Waals surface area contributed by atoms with Crippen molar-refractivity contribution in [3.63, 3.8) is 0 Å². The molecule has 0 radical (unpaired) electrons. The van der Waals surface area contributed by atoms with E-state index < -0.39 is 0 Å². The maximum atomic E-state index is 13.5. The van der Waals surface area contributed by atoms with Gasteiger partial charge in [0.25, 0.3) is 5.56 Å². The molecule has 0 aliphatic rings. The number of aromatic nitrogens is 3. The third kappa shape index (κ3) is 5.63. The van der Waals surface area contributed by atoms with E-state index in [9.17, 15) is 9.18 Å².